The van der Waals surface area contributed by atoms with Crippen molar-refractivity contribution >= 4 is 28.5 Å². The number of carbonyl (C=O) groups is 1. The van der Waals surface area contributed by atoms with E-state index in [1.165, 1.54) is 38.7 Å². The molecule has 31 heavy (non-hydrogen) atoms. The Morgan fingerprint density at radius 3 is 2.39 bits per heavy atom. The summed E-state index contributed by atoms with van der Waals surface area (Å²) >= 11 is 1.37. The van der Waals surface area contributed by atoms with Gasteiger partial charge in [-0.2, -0.15) is 5.26 Å². The van der Waals surface area contributed by atoms with E-state index in [1.54, 1.807) is 18.3 Å². The van der Waals surface area contributed by atoms with E-state index in [0.717, 1.165) is 16.9 Å². The smallest absolute Gasteiger partial charge is 0.268 e. The molecule has 0 unspecified atom stereocenters. The Labute approximate surface area is 184 Å². The zero-order chi connectivity index (χ0) is 22.2. The SMILES string of the molecule is COc1cc(C=C(C#N)C(=O)Nc2ncc(Cc3ccccc3)s2)cc(OC)c1OC. The Morgan fingerprint density at radius 2 is 1.81 bits per heavy atom. The van der Waals surface area contributed by atoms with Crippen LogP contribution in [0.3, 0.4) is 0 Å². The summed E-state index contributed by atoms with van der Waals surface area (Å²) in [4.78, 5) is 17.9. The Morgan fingerprint density at radius 1 is 1.13 bits per heavy atom. The van der Waals surface area contributed by atoms with Crippen molar-refractivity contribution in [2.24, 2.45) is 0 Å². The molecule has 0 saturated carbocycles. The van der Waals surface area contributed by atoms with E-state index in [-0.39, 0.29) is 5.57 Å². The first kappa shape index (κ1) is 21.9. The van der Waals surface area contributed by atoms with Crippen molar-refractivity contribution in [3.63, 3.8) is 0 Å². The van der Waals surface area contributed by atoms with Crippen LogP contribution in [0.5, 0.6) is 17.2 Å². The predicted molar refractivity (Wildman–Crippen MR) is 120 cm³/mol. The highest BCUT2D eigenvalue weighted by Crippen LogP contribution is 2.38. The van der Waals surface area contributed by atoms with E-state index >= 15 is 0 Å². The molecule has 0 atom stereocenters. The van der Waals surface area contributed by atoms with Crippen molar-refractivity contribution in [1.29, 1.82) is 5.26 Å². The Bertz CT molecular complexity index is 1110. The standard InChI is InChI=1S/C23H21N3O4S/c1-28-19-11-16(12-20(29-2)21(19)30-3)9-17(13-24)22(27)26-23-25-14-18(31-23)10-15-7-5-4-6-8-15/h4-9,11-12,14H,10H2,1-3H3,(H,25,26,27). The number of methoxy groups -OCH3 is 3. The van der Waals surface area contributed by atoms with Crippen LogP contribution in [0.4, 0.5) is 5.13 Å². The molecule has 2 aromatic carbocycles. The Hall–Kier alpha value is -3.83. The molecule has 3 rings (SSSR count). The summed E-state index contributed by atoms with van der Waals surface area (Å²) in [5, 5.41) is 12.6. The summed E-state index contributed by atoms with van der Waals surface area (Å²) in [7, 11) is 4.50. The number of aromatic nitrogens is 1. The van der Waals surface area contributed by atoms with E-state index < -0.39 is 5.91 Å². The van der Waals surface area contributed by atoms with E-state index in [1.807, 2.05) is 36.4 Å². The normalized spacial score (nSPS) is 10.8. The van der Waals surface area contributed by atoms with Crippen molar-refractivity contribution in [2.75, 3.05) is 26.6 Å². The van der Waals surface area contributed by atoms with Crippen LogP contribution in [0.25, 0.3) is 6.08 Å². The highest BCUT2D eigenvalue weighted by atomic mass is 32.1. The largest absolute Gasteiger partial charge is 0.493 e. The lowest BCUT2D eigenvalue weighted by molar-refractivity contribution is -0.112. The van der Waals surface area contributed by atoms with Gasteiger partial charge in [-0.05, 0) is 29.3 Å². The van der Waals surface area contributed by atoms with Crippen LogP contribution >= 0.6 is 11.3 Å². The second-order valence-electron chi connectivity index (χ2n) is 6.38. The number of hydrogen-bond donors (Lipinski definition) is 1. The van der Waals surface area contributed by atoms with E-state index in [0.29, 0.717) is 27.9 Å². The molecule has 0 aliphatic heterocycles. The van der Waals surface area contributed by atoms with Gasteiger partial charge in [-0.15, -0.1) is 11.3 Å². The van der Waals surface area contributed by atoms with Gasteiger partial charge in [0.25, 0.3) is 5.91 Å². The van der Waals surface area contributed by atoms with Crippen molar-refractivity contribution in [2.45, 2.75) is 6.42 Å². The lowest BCUT2D eigenvalue weighted by Gasteiger charge is -2.13. The highest BCUT2D eigenvalue weighted by molar-refractivity contribution is 7.15. The lowest BCUT2D eigenvalue weighted by Crippen LogP contribution is -2.13. The third-order valence-corrected chi connectivity index (χ3v) is 5.27. The van der Waals surface area contributed by atoms with Crippen molar-refractivity contribution in [3.05, 3.63) is 70.2 Å². The van der Waals surface area contributed by atoms with E-state index in [2.05, 4.69) is 10.3 Å². The fourth-order valence-electron chi connectivity index (χ4n) is 2.91. The average Bonchev–Trinajstić information content (AvgIpc) is 3.23. The molecule has 0 aliphatic rings. The van der Waals surface area contributed by atoms with Crippen LogP contribution in [0.2, 0.25) is 0 Å². The molecule has 158 valence electrons. The maximum Gasteiger partial charge on any atom is 0.268 e. The second kappa shape index (κ2) is 10.3. The van der Waals surface area contributed by atoms with Gasteiger partial charge in [0, 0.05) is 17.5 Å². The molecule has 1 N–H and O–H groups in total. The van der Waals surface area contributed by atoms with Crippen LogP contribution in [-0.4, -0.2) is 32.2 Å². The van der Waals surface area contributed by atoms with Gasteiger partial charge in [0.2, 0.25) is 5.75 Å². The first-order valence-electron chi connectivity index (χ1n) is 9.29. The Kier molecular flexibility index (Phi) is 7.25. The third-order valence-electron chi connectivity index (χ3n) is 4.36. The minimum atomic E-state index is -0.545. The third kappa shape index (κ3) is 5.41. The summed E-state index contributed by atoms with van der Waals surface area (Å²) in [6.45, 7) is 0. The van der Waals surface area contributed by atoms with Gasteiger partial charge in [-0.25, -0.2) is 4.98 Å². The van der Waals surface area contributed by atoms with Crippen molar-refractivity contribution in [3.8, 4) is 23.3 Å². The molecule has 1 heterocycles. The Balaban J connectivity index is 1.78. The quantitative estimate of drug-likeness (QED) is 0.419. The summed E-state index contributed by atoms with van der Waals surface area (Å²) < 4.78 is 15.9. The number of benzene rings is 2. The maximum absolute atomic E-state index is 12.6. The molecule has 0 bridgehead atoms. The molecule has 3 aromatic rings. The number of ether oxygens (including phenoxy) is 3. The molecule has 0 saturated heterocycles. The molecule has 0 spiro atoms. The zero-order valence-electron chi connectivity index (χ0n) is 17.3. The van der Waals surface area contributed by atoms with Gasteiger partial charge in [-0.3, -0.25) is 10.1 Å². The van der Waals surface area contributed by atoms with E-state index in [4.69, 9.17) is 14.2 Å². The summed E-state index contributed by atoms with van der Waals surface area (Å²) in [5.74, 6) is 0.739. The van der Waals surface area contributed by atoms with Crippen molar-refractivity contribution in [1.82, 2.24) is 4.98 Å². The van der Waals surface area contributed by atoms with Gasteiger partial charge in [0.15, 0.2) is 16.6 Å². The molecule has 7 nitrogen and oxygen atoms in total. The van der Waals surface area contributed by atoms with Crippen LogP contribution < -0.4 is 19.5 Å². The molecule has 1 aromatic heterocycles. The molecule has 0 fully saturated rings. The molecule has 8 heteroatoms. The van der Waals surface area contributed by atoms with Gasteiger partial charge in [-0.1, -0.05) is 30.3 Å². The number of nitrogens with zero attached hydrogens (tertiary/aromatic N) is 2. The predicted octanol–water partition coefficient (Wildman–Crippen LogP) is 4.31. The summed E-state index contributed by atoms with van der Waals surface area (Å²) in [5.41, 5.74) is 1.64. The van der Waals surface area contributed by atoms with Gasteiger partial charge >= 0.3 is 0 Å². The number of amides is 1. The van der Waals surface area contributed by atoms with Gasteiger partial charge < -0.3 is 14.2 Å². The minimum Gasteiger partial charge on any atom is -0.493 e. The summed E-state index contributed by atoms with van der Waals surface area (Å²) in [6, 6.07) is 15.2. The number of nitriles is 1. The molecule has 0 radical (unpaired) electrons. The highest BCUT2D eigenvalue weighted by Gasteiger charge is 2.16. The number of hydrogen-bond acceptors (Lipinski definition) is 7. The fourth-order valence-corrected chi connectivity index (χ4v) is 3.75. The second-order valence-corrected chi connectivity index (χ2v) is 7.49. The number of rotatable bonds is 8. The molecule has 1 amide bonds. The maximum atomic E-state index is 12.6. The molecule has 0 aliphatic carbocycles. The van der Waals surface area contributed by atoms with Crippen LogP contribution in [0.15, 0.2) is 54.2 Å². The number of nitrogens with one attached hydrogen (secondary N) is 1. The van der Waals surface area contributed by atoms with E-state index in [9.17, 15) is 10.1 Å². The lowest BCUT2D eigenvalue weighted by atomic mass is 10.1. The zero-order valence-corrected chi connectivity index (χ0v) is 18.2. The fraction of sp³-hybridized carbons (Fsp3) is 0.174. The van der Waals surface area contributed by atoms with Gasteiger partial charge in [0.1, 0.15) is 11.6 Å². The number of thiazole rings is 1. The summed E-state index contributed by atoms with van der Waals surface area (Å²) in [6.07, 6.45) is 3.90. The van der Waals surface area contributed by atoms with Gasteiger partial charge in [0.05, 0.1) is 21.3 Å². The number of carbonyl (C=O) groups excluding carboxylic acids is 1. The first-order valence-corrected chi connectivity index (χ1v) is 10.1. The van der Waals surface area contributed by atoms with Crippen LogP contribution in [0.1, 0.15) is 16.0 Å². The molecular formula is C23H21N3O4S. The van der Waals surface area contributed by atoms with Crippen molar-refractivity contribution < 1.29 is 19.0 Å². The number of anilines is 1. The first-order chi connectivity index (χ1) is 15.1. The minimum absolute atomic E-state index is 0.0749. The average molecular weight is 436 g/mol. The molecular weight excluding hydrogens is 414 g/mol. The topological polar surface area (TPSA) is 93.5 Å². The van der Waals surface area contributed by atoms with Crippen LogP contribution in [-0.2, 0) is 11.2 Å². The van der Waals surface area contributed by atoms with Crippen LogP contribution in [0, 0.1) is 11.3 Å². The monoisotopic (exact) mass is 435 g/mol.